The molecule has 0 saturated heterocycles. The number of aryl methyl sites for hydroxylation is 8. The highest BCUT2D eigenvalue weighted by Crippen LogP contribution is 2.64. The Balaban J connectivity index is 0.000000102. The normalized spacial score (nSPS) is 20.5. The molecule has 0 unspecified atom stereocenters. The van der Waals surface area contributed by atoms with Crippen LogP contribution in [0.3, 0.4) is 0 Å². The molecule has 7 nitrogen and oxygen atoms in total. The molecule has 12 heteroatoms. The Kier molecular flexibility index (Phi) is 24.6. The molecule has 5 aromatic heterocycles. The number of benzene rings is 15. The molecule has 8 aliphatic rings. The number of hydrogen-bond acceptors (Lipinski definition) is 7. The van der Waals surface area contributed by atoms with Crippen LogP contribution in [0.25, 0.3) is 125 Å². The summed E-state index contributed by atoms with van der Waals surface area (Å²) in [7, 11) is 1.48. The maximum Gasteiger partial charge on any atom is 0.344 e. The number of hydrogen-bond donors (Lipinski definition) is 1. The van der Waals surface area contributed by atoms with Gasteiger partial charge in [0, 0.05) is 155 Å². The highest BCUT2D eigenvalue weighted by molar-refractivity contribution is 7.52. The van der Waals surface area contributed by atoms with Crippen molar-refractivity contribution in [2.24, 2.45) is 52.8 Å². The largest absolute Gasteiger partial charge is 0.507 e. The topological polar surface area (TPSA) is 83.5 Å². The number of carbonyl (C=O) groups excluding carboxylic acids is 1. The molecular weight excluding hydrogens is 1770 g/mol. The average molecular weight is 1900 g/mol. The van der Waals surface area contributed by atoms with Gasteiger partial charge in [-0.25, -0.2) is 4.79 Å². The van der Waals surface area contributed by atoms with Gasteiger partial charge in [0.15, 0.2) is 84.9 Å². The fourth-order valence-electron chi connectivity index (χ4n) is 25.5. The molecule has 20 aromatic rings. The summed E-state index contributed by atoms with van der Waals surface area (Å²) in [5.74, 6) is 9.44. The van der Waals surface area contributed by atoms with Gasteiger partial charge >= 0.3 is 5.97 Å². The minimum Gasteiger partial charge on any atom is -0.507 e. The van der Waals surface area contributed by atoms with E-state index in [1.54, 1.807) is 7.11 Å². The summed E-state index contributed by atoms with van der Waals surface area (Å²) in [6.07, 6.45) is 13.5. The van der Waals surface area contributed by atoms with E-state index < -0.39 is 0 Å². The molecule has 1 N–H and O–H groups in total. The van der Waals surface area contributed by atoms with Crippen molar-refractivity contribution in [1.29, 1.82) is 0 Å². The van der Waals surface area contributed by atoms with Crippen molar-refractivity contribution in [1.82, 2.24) is 0 Å². The van der Waals surface area contributed by atoms with E-state index in [-0.39, 0.29) is 70.5 Å². The number of ether oxygens (including phenoxy) is 5. The molecule has 137 heavy (non-hydrogen) atoms. The molecular formula is C125H121O7S5+5. The monoisotopic (exact) mass is 1890 g/mol. The van der Waals surface area contributed by atoms with Gasteiger partial charge in [-0.15, -0.1) is 0 Å². The second-order valence-electron chi connectivity index (χ2n) is 40.2. The summed E-state index contributed by atoms with van der Waals surface area (Å²) in [6, 6.07) is 117. The van der Waals surface area contributed by atoms with Gasteiger partial charge in [0.2, 0.25) is 0 Å². The first kappa shape index (κ1) is 90.2. The maximum atomic E-state index is 13.0. The van der Waals surface area contributed by atoms with Gasteiger partial charge in [0.05, 0.1) is 13.7 Å². The van der Waals surface area contributed by atoms with Gasteiger partial charge in [-0.05, 0) is 357 Å². The fourth-order valence-corrected chi connectivity index (χ4v) is 38.2. The minimum atomic E-state index is -0.313. The summed E-state index contributed by atoms with van der Waals surface area (Å²) in [4.78, 5) is 19.8. The first-order valence-electron chi connectivity index (χ1n) is 49.2. The summed E-state index contributed by atoms with van der Waals surface area (Å²) in [5.41, 5.74) is 8.87. The number of fused-ring (bicyclic) bond motifs is 15. The zero-order chi connectivity index (χ0) is 93.6. The number of rotatable bonds is 15. The van der Waals surface area contributed by atoms with Crippen LogP contribution >= 0.6 is 52.3 Å². The second-order valence-corrected chi connectivity index (χ2v) is 50.1. The van der Waals surface area contributed by atoms with Crippen LogP contribution in [0.4, 0.5) is 0 Å². The third-order valence-electron chi connectivity index (χ3n) is 31.5. The molecule has 8 saturated carbocycles. The van der Waals surface area contributed by atoms with Crippen LogP contribution in [0.15, 0.2) is 322 Å². The lowest BCUT2D eigenvalue weighted by Gasteiger charge is -2.60. The summed E-state index contributed by atoms with van der Waals surface area (Å²) < 4.78 is 44.6. The van der Waals surface area contributed by atoms with Crippen LogP contribution in [-0.2, 0) is 14.3 Å². The van der Waals surface area contributed by atoms with Crippen LogP contribution in [0.2, 0.25) is 0 Å². The zero-order valence-electron chi connectivity index (χ0n) is 80.3. The molecule has 8 bridgehead atoms. The van der Waals surface area contributed by atoms with Crippen LogP contribution in [0.1, 0.15) is 123 Å². The lowest BCUT2D eigenvalue weighted by Crippen LogP contribution is -2.58. The Labute approximate surface area is 818 Å². The molecule has 0 amide bonds. The third-order valence-corrected chi connectivity index (χ3v) is 43.1. The van der Waals surface area contributed by atoms with Crippen molar-refractivity contribution in [2.45, 2.75) is 139 Å². The Hall–Kier alpha value is -12.0. The number of aromatic hydroxyl groups is 1. The lowest BCUT2D eigenvalue weighted by molar-refractivity contribution is -0.204. The van der Waals surface area contributed by atoms with E-state index in [0.29, 0.717) is 29.8 Å². The van der Waals surface area contributed by atoms with Crippen LogP contribution in [0.5, 0.6) is 23.0 Å². The number of phenolic OH excluding ortho intramolecular Hbond substituents is 1. The van der Waals surface area contributed by atoms with Gasteiger partial charge in [0.1, 0.15) is 28.6 Å². The second kappa shape index (κ2) is 37.4. The number of methoxy groups -OCH3 is 1. The van der Waals surface area contributed by atoms with E-state index in [0.717, 1.165) is 81.6 Å². The van der Waals surface area contributed by atoms with E-state index >= 15 is 0 Å². The number of esters is 1. The highest BCUT2D eigenvalue weighted by atomic mass is 32.2. The number of carbonyl (C=O) groups is 1. The Morgan fingerprint density at radius 3 is 0.803 bits per heavy atom. The van der Waals surface area contributed by atoms with Crippen LogP contribution in [-0.4, -0.2) is 43.8 Å². The predicted octanol–water partition coefficient (Wildman–Crippen LogP) is 35.8. The molecule has 0 spiro atoms. The standard InChI is InChI=1S/C33H35O3S.C33H37O2S.C21H19OS.C20H16OS.C18H13S/c1-20-12-26(37-29-10-6-4-8-27(29)28-9-5-7-11-30(28)37)13-21(2)32(20)35-19-31(34)36-33(3)24-15-22-14-23(17-24)18-25(33)16-22;1-21-12-27(36-30-10-6-4-8-28(30)29-9-5-7-11-31(29)36)13-22(2)32(21)35-20-34-19-33(3)25-15-23-14-24(17-25)18-26(33)16-23;1-14-12-16(13-15(2)21(14)22-3)23-19-10-6-4-8-17(19)18-9-5-7-11-20(18)23;1-13-11-15(12-14(2)20(13)21)22-18-9-5-3-7-16(18)17-8-4-6-10-19(17)22;1-2-8-14(9-3-1)19-17-12-6-4-10-15(17)16-11-5-7-13-18(16)19/h4-13,22-25H,14-19H2,1-3H3;4-13,23-26H,14-20H2,1-3H3;4-13H,1-3H3;3-12H,1-2H3;1-13H/q3*+1;;+1/p+1. The molecule has 8 fully saturated rings. The third kappa shape index (κ3) is 16.6. The number of phenols is 1. The van der Waals surface area contributed by atoms with Crippen LogP contribution < -0.4 is 14.2 Å². The molecule has 5 heterocycles. The van der Waals surface area contributed by atoms with Crippen molar-refractivity contribution >= 4 is 159 Å². The van der Waals surface area contributed by atoms with E-state index in [9.17, 15) is 9.90 Å². The van der Waals surface area contributed by atoms with Gasteiger partial charge in [-0.2, -0.15) is 0 Å². The molecule has 28 rings (SSSR count). The van der Waals surface area contributed by atoms with E-state index in [1.165, 1.54) is 212 Å². The number of thiophene rings is 5. The molecule has 8 aliphatic carbocycles. The van der Waals surface area contributed by atoms with Crippen molar-refractivity contribution in [3.63, 3.8) is 0 Å². The van der Waals surface area contributed by atoms with Gasteiger partial charge in [0.25, 0.3) is 0 Å². The van der Waals surface area contributed by atoms with Crippen molar-refractivity contribution in [2.75, 3.05) is 27.1 Å². The smallest absolute Gasteiger partial charge is 0.344 e. The minimum absolute atomic E-state index is 0.0269. The maximum absolute atomic E-state index is 13.0. The fraction of sp³-hybridized carbons (Fsp3) is 0.272. The predicted molar refractivity (Wildman–Crippen MR) is 586 cm³/mol. The highest BCUT2D eigenvalue weighted by Gasteiger charge is 2.58. The quantitative estimate of drug-likeness (QED) is 0.0474. The molecule has 688 valence electrons. The summed E-state index contributed by atoms with van der Waals surface area (Å²) in [6.45, 7) is 22.6. The van der Waals surface area contributed by atoms with Crippen molar-refractivity contribution in [3.8, 4) is 47.5 Å². The van der Waals surface area contributed by atoms with E-state index in [1.807, 2.05) is 13.8 Å². The van der Waals surface area contributed by atoms with Crippen LogP contribution in [0, 0.1) is 108 Å². The van der Waals surface area contributed by atoms with Crippen molar-refractivity contribution < 1.29 is 33.6 Å². The average Bonchev–Trinajstić information content (AvgIpc) is 1.68. The summed E-state index contributed by atoms with van der Waals surface area (Å²) in [5, 5.41) is 23.7. The first-order valence-corrected chi connectivity index (χ1v) is 55.3. The zero-order valence-corrected chi connectivity index (χ0v) is 84.4. The molecule has 0 aliphatic heterocycles. The first-order chi connectivity index (χ1) is 66.7. The Morgan fingerprint density at radius 2 is 0.526 bits per heavy atom. The van der Waals surface area contributed by atoms with Crippen molar-refractivity contribution in [3.05, 3.63) is 366 Å². The van der Waals surface area contributed by atoms with Gasteiger partial charge < -0.3 is 28.8 Å². The van der Waals surface area contributed by atoms with E-state index in [4.69, 9.17) is 23.7 Å². The Morgan fingerprint density at radius 1 is 0.292 bits per heavy atom. The molecule has 0 atom stereocenters. The lowest BCUT2D eigenvalue weighted by atomic mass is 9.46. The SMILES string of the molecule is COc1c(C)cc(-[s+]2c3ccccc3c3ccccc32)cc1C.Cc1cc(-[s+]2c3ccccc3c3ccccc32)cc(C)c1O.Cc1cc(-[s+]2c3ccccc3c3ccccc32)cc(C)c1OCC(=O)OC1(C)C2CC3CC(C2)CC1C3.Cc1cc(-[s+]2c3ccccc3c3ccccc32)cc(C)c1OCOCC1(C)C2CC3CC(C2)CC1C3.c1ccc(-[s+]2c3ccccc3c3ccccc32)cc1. The molecule has 15 aromatic carbocycles. The van der Waals surface area contributed by atoms with Gasteiger partial charge in [-0.3, -0.25) is 0 Å². The Bertz CT molecular complexity index is 7620. The molecule has 0 radical (unpaired) electrons. The van der Waals surface area contributed by atoms with E-state index in [2.05, 4.69) is 377 Å². The van der Waals surface area contributed by atoms with Gasteiger partial charge in [-0.1, -0.05) is 146 Å². The summed E-state index contributed by atoms with van der Waals surface area (Å²) >= 11 is 0.